The molecule has 5 N–H and O–H groups in total. The summed E-state index contributed by atoms with van der Waals surface area (Å²) in [6.07, 6.45) is 3.84. The lowest BCUT2D eigenvalue weighted by Crippen LogP contribution is -3.28. The topological polar surface area (TPSA) is 184 Å². The molecule has 0 saturated carbocycles. The van der Waals surface area contributed by atoms with E-state index in [4.69, 9.17) is 10.2 Å². The summed E-state index contributed by atoms with van der Waals surface area (Å²) < 4.78 is 0. The zero-order chi connectivity index (χ0) is 32.4. The van der Waals surface area contributed by atoms with Crippen LogP contribution in [0.1, 0.15) is 23.1 Å². The fourth-order valence-electron chi connectivity index (χ4n) is 4.51. The Morgan fingerprint density at radius 1 is 0.727 bits per heavy atom. The number of aliphatic hydroxyl groups is 1. The zero-order valence-corrected chi connectivity index (χ0v) is 25.6. The van der Waals surface area contributed by atoms with Crippen molar-refractivity contribution in [3.8, 4) is 0 Å². The van der Waals surface area contributed by atoms with E-state index in [0.29, 0.717) is 24.3 Å². The fraction of sp³-hybridized carbons (Fsp3) is 0.290. The second-order valence-corrected chi connectivity index (χ2v) is 11.4. The van der Waals surface area contributed by atoms with Crippen molar-refractivity contribution in [3.63, 3.8) is 0 Å². The molecule has 4 rings (SSSR count). The molecule has 0 atom stereocenters. The van der Waals surface area contributed by atoms with Gasteiger partial charge in [-0.3, -0.25) is 0 Å². The second-order valence-electron chi connectivity index (χ2n) is 9.85. The Morgan fingerprint density at radius 2 is 1.18 bits per heavy atom. The molecule has 0 unspecified atom stereocenters. The standard InChI is InChI=1S/C23H28N2OS2.2C4H4O4/c26-23(21-7-16-27-18-21,22-8-17-28-19-22)9-11-25-14-12-24(13-15-25)10-6-20-4-2-1-3-5-20;2*5-3(6)1-2-4(7)8/h1-5,7-8,16-19,26H,6,9-15H2;2*1-2H,(H,5,6)(H,7,8)/b;2*2-1+. The average molecular weight is 645 g/mol. The summed E-state index contributed by atoms with van der Waals surface area (Å²) in [5, 5.41) is 54.3. The van der Waals surface area contributed by atoms with Gasteiger partial charge in [0, 0.05) is 25.0 Å². The highest BCUT2D eigenvalue weighted by atomic mass is 32.1. The highest BCUT2D eigenvalue weighted by molar-refractivity contribution is 7.08. The Labute approximate surface area is 263 Å². The van der Waals surface area contributed by atoms with Crippen LogP contribution in [0.4, 0.5) is 0 Å². The largest absolute Gasteiger partial charge is 0.545 e. The summed E-state index contributed by atoms with van der Waals surface area (Å²) in [5.74, 6) is -5.61. The fourth-order valence-corrected chi connectivity index (χ4v) is 5.96. The third kappa shape index (κ3) is 13.9. The van der Waals surface area contributed by atoms with Crippen molar-refractivity contribution in [2.75, 3.05) is 39.3 Å². The number of rotatable bonds is 12. The summed E-state index contributed by atoms with van der Waals surface area (Å²) in [5.41, 5.74) is 2.69. The van der Waals surface area contributed by atoms with Gasteiger partial charge in [-0.2, -0.15) is 22.7 Å². The summed E-state index contributed by atoms with van der Waals surface area (Å²) >= 11 is 3.32. The minimum Gasteiger partial charge on any atom is -0.545 e. The van der Waals surface area contributed by atoms with Crippen molar-refractivity contribution in [3.05, 3.63) is 105 Å². The lowest BCUT2D eigenvalue weighted by molar-refractivity contribution is -1.01. The molecule has 0 spiro atoms. The Hall–Kier alpha value is -4.14. The third-order valence-corrected chi connectivity index (χ3v) is 8.20. The maximum absolute atomic E-state index is 11.5. The predicted molar refractivity (Wildman–Crippen MR) is 161 cm³/mol. The maximum atomic E-state index is 11.5. The molecule has 1 saturated heterocycles. The minimum atomic E-state index is -1.51. The first-order valence-corrected chi connectivity index (χ1v) is 15.6. The average Bonchev–Trinajstić information content (AvgIpc) is 3.75. The van der Waals surface area contributed by atoms with Crippen LogP contribution < -0.4 is 20.0 Å². The third-order valence-electron chi connectivity index (χ3n) is 6.84. The Balaban J connectivity index is 0.000000349. The van der Waals surface area contributed by atoms with Crippen LogP contribution in [0.3, 0.4) is 0 Å². The van der Waals surface area contributed by atoms with Gasteiger partial charge in [-0.1, -0.05) is 30.3 Å². The van der Waals surface area contributed by atoms with E-state index in [9.17, 15) is 34.5 Å². The molecule has 0 radical (unpaired) electrons. The van der Waals surface area contributed by atoms with E-state index in [1.54, 1.807) is 32.5 Å². The minimum absolute atomic E-state index is 0.447. The summed E-state index contributed by atoms with van der Waals surface area (Å²) in [4.78, 5) is 41.3. The number of benzene rings is 1. The van der Waals surface area contributed by atoms with Crippen molar-refractivity contribution in [2.45, 2.75) is 18.4 Å². The van der Waals surface area contributed by atoms with Gasteiger partial charge in [0.25, 0.3) is 0 Å². The second kappa shape index (κ2) is 19.2. The smallest absolute Gasteiger partial charge is 0.328 e. The molecule has 11 nitrogen and oxygen atoms in total. The van der Waals surface area contributed by atoms with Crippen molar-refractivity contribution in [1.82, 2.24) is 0 Å². The van der Waals surface area contributed by atoms with Crippen LogP contribution >= 0.6 is 22.7 Å². The van der Waals surface area contributed by atoms with Crippen molar-refractivity contribution < 1.29 is 54.5 Å². The number of carbonyl (C=O) groups is 4. The number of hydrogen-bond donors (Lipinski definition) is 5. The van der Waals surface area contributed by atoms with E-state index in [2.05, 4.69) is 64.0 Å². The van der Waals surface area contributed by atoms with Gasteiger partial charge in [-0.25, -0.2) is 9.59 Å². The molecule has 1 aromatic carbocycles. The Morgan fingerprint density at radius 3 is 1.55 bits per heavy atom. The number of hydrogen-bond acceptors (Lipinski definition) is 9. The zero-order valence-electron chi connectivity index (χ0n) is 23.9. The van der Waals surface area contributed by atoms with Crippen molar-refractivity contribution in [2.24, 2.45) is 0 Å². The van der Waals surface area contributed by atoms with Crippen LogP contribution in [0.25, 0.3) is 0 Å². The van der Waals surface area contributed by atoms with Crippen LogP contribution in [-0.4, -0.2) is 78.5 Å². The first-order valence-electron chi connectivity index (χ1n) is 13.7. The molecular weight excluding hydrogens is 608 g/mol. The SMILES string of the molecule is O=C([O-])/C=C/C(=O)O.O=C([O-])/C=C/C(=O)O.OC(CC[NH+]1CC[NH+](CCc2ccccc2)CC1)(c1ccsc1)c1ccsc1. The molecule has 3 heterocycles. The number of carboxylic acid groups (broad SMARTS) is 4. The molecule has 0 bridgehead atoms. The van der Waals surface area contributed by atoms with E-state index in [1.807, 2.05) is 0 Å². The first-order chi connectivity index (χ1) is 21.0. The van der Waals surface area contributed by atoms with Gasteiger partial charge in [0.15, 0.2) is 0 Å². The van der Waals surface area contributed by atoms with E-state index in [-0.39, 0.29) is 0 Å². The van der Waals surface area contributed by atoms with E-state index in [1.165, 1.54) is 44.7 Å². The normalized spacial score (nSPS) is 16.4. The van der Waals surface area contributed by atoms with Gasteiger partial charge in [0.05, 0.1) is 25.0 Å². The molecule has 1 fully saturated rings. The molecule has 1 aliphatic rings. The number of thiophene rings is 2. The highest BCUT2D eigenvalue weighted by Gasteiger charge is 2.34. The molecule has 2 aromatic heterocycles. The monoisotopic (exact) mass is 644 g/mol. The molecule has 13 heteroatoms. The number of piperazine rings is 1. The lowest BCUT2D eigenvalue weighted by atomic mass is 9.86. The lowest BCUT2D eigenvalue weighted by Gasteiger charge is -2.33. The van der Waals surface area contributed by atoms with Crippen LogP contribution in [0.2, 0.25) is 0 Å². The van der Waals surface area contributed by atoms with Gasteiger partial charge in [0.1, 0.15) is 31.8 Å². The maximum Gasteiger partial charge on any atom is 0.328 e. The van der Waals surface area contributed by atoms with Gasteiger partial charge >= 0.3 is 11.9 Å². The van der Waals surface area contributed by atoms with Crippen molar-refractivity contribution in [1.29, 1.82) is 0 Å². The van der Waals surface area contributed by atoms with Crippen LogP contribution in [0.15, 0.2) is 88.3 Å². The molecule has 0 aliphatic carbocycles. The van der Waals surface area contributed by atoms with Gasteiger partial charge in [0.2, 0.25) is 0 Å². The summed E-state index contributed by atoms with van der Waals surface area (Å²) in [6.45, 7) is 7.12. The van der Waals surface area contributed by atoms with Crippen LogP contribution in [0.5, 0.6) is 0 Å². The van der Waals surface area contributed by atoms with E-state index < -0.39 is 29.5 Å². The molecule has 1 aliphatic heterocycles. The Bertz CT molecular complexity index is 1250. The van der Waals surface area contributed by atoms with E-state index >= 15 is 0 Å². The van der Waals surface area contributed by atoms with Gasteiger partial charge in [-0.05, 0) is 62.5 Å². The molecular formula is C31H36N2O9S2. The number of nitrogens with one attached hydrogen (secondary N) is 2. The molecule has 3 aromatic rings. The Kier molecular flexibility index (Phi) is 15.7. The van der Waals surface area contributed by atoms with Crippen LogP contribution in [0, 0.1) is 0 Å². The molecule has 236 valence electrons. The number of aliphatic carboxylic acids is 4. The van der Waals surface area contributed by atoms with Gasteiger partial charge in [-0.15, -0.1) is 0 Å². The first kappa shape index (κ1) is 36.1. The van der Waals surface area contributed by atoms with Gasteiger partial charge < -0.3 is 44.9 Å². The number of quaternary nitrogens is 2. The quantitative estimate of drug-likeness (QED) is 0.142. The van der Waals surface area contributed by atoms with E-state index in [0.717, 1.165) is 24.1 Å². The number of carboxylic acids is 4. The summed E-state index contributed by atoms with van der Waals surface area (Å²) in [7, 11) is 0. The number of carbonyl (C=O) groups excluding carboxylic acids is 2. The van der Waals surface area contributed by atoms with Crippen LogP contribution in [-0.2, 0) is 31.2 Å². The van der Waals surface area contributed by atoms with Crippen molar-refractivity contribution >= 4 is 46.6 Å². The highest BCUT2D eigenvalue weighted by Crippen LogP contribution is 2.35. The summed E-state index contributed by atoms with van der Waals surface area (Å²) in [6, 6.07) is 15.0. The molecule has 44 heavy (non-hydrogen) atoms. The molecule has 0 amide bonds. The predicted octanol–water partition coefficient (Wildman–Crippen LogP) is -1.78.